The number of benzene rings is 2. The van der Waals surface area contributed by atoms with Crippen molar-refractivity contribution in [2.24, 2.45) is 0 Å². The molecular formula is C17H13ClO3. The van der Waals surface area contributed by atoms with E-state index in [0.29, 0.717) is 16.9 Å². The highest BCUT2D eigenvalue weighted by molar-refractivity contribution is 6.30. The van der Waals surface area contributed by atoms with Crippen LogP contribution < -0.4 is 4.74 Å². The van der Waals surface area contributed by atoms with Gasteiger partial charge in [0.15, 0.2) is 6.29 Å². The van der Waals surface area contributed by atoms with Crippen molar-refractivity contribution in [1.82, 2.24) is 0 Å². The van der Waals surface area contributed by atoms with E-state index in [1.807, 2.05) is 6.92 Å². The number of hydrogen-bond donors (Lipinski definition) is 0. The van der Waals surface area contributed by atoms with E-state index >= 15 is 0 Å². The number of esters is 1. The molecule has 0 heterocycles. The van der Waals surface area contributed by atoms with Gasteiger partial charge in [-0.05, 0) is 42.8 Å². The molecule has 106 valence electrons. The fourth-order valence-electron chi connectivity index (χ4n) is 1.73. The molecule has 0 unspecified atom stereocenters. The second kappa shape index (κ2) is 6.86. The zero-order valence-electron chi connectivity index (χ0n) is 11.4. The Balaban J connectivity index is 2.08. The summed E-state index contributed by atoms with van der Waals surface area (Å²) in [5.41, 5.74) is 2.10. The van der Waals surface area contributed by atoms with Gasteiger partial charge < -0.3 is 4.74 Å². The van der Waals surface area contributed by atoms with Crippen LogP contribution in [0.15, 0.2) is 48.5 Å². The van der Waals surface area contributed by atoms with Gasteiger partial charge in [0.1, 0.15) is 5.75 Å². The van der Waals surface area contributed by atoms with Crippen LogP contribution in [0.2, 0.25) is 5.02 Å². The smallest absolute Gasteiger partial charge is 0.336 e. The van der Waals surface area contributed by atoms with E-state index in [1.165, 1.54) is 6.08 Å². The molecule has 0 saturated carbocycles. The van der Waals surface area contributed by atoms with Crippen molar-refractivity contribution in [1.29, 1.82) is 0 Å². The summed E-state index contributed by atoms with van der Waals surface area (Å²) in [6.45, 7) is 1.86. The van der Waals surface area contributed by atoms with E-state index in [4.69, 9.17) is 16.3 Å². The first-order chi connectivity index (χ1) is 10.1. The Hall–Kier alpha value is -2.39. The van der Waals surface area contributed by atoms with Gasteiger partial charge in [-0.2, -0.15) is 0 Å². The molecule has 0 amide bonds. The number of carbonyl (C=O) groups is 2. The molecule has 0 bridgehead atoms. The van der Waals surface area contributed by atoms with E-state index < -0.39 is 5.97 Å². The SMILES string of the molecule is Cc1ccc(OC(=O)/C=C/c2ccc(Cl)cc2)c(C=O)c1. The molecule has 3 nitrogen and oxygen atoms in total. The summed E-state index contributed by atoms with van der Waals surface area (Å²) < 4.78 is 5.15. The molecule has 0 aromatic heterocycles. The summed E-state index contributed by atoms with van der Waals surface area (Å²) in [6, 6.07) is 12.1. The third kappa shape index (κ3) is 4.29. The standard InChI is InChI=1S/C17H13ClO3/c1-12-2-8-16(14(10-12)11-19)21-17(20)9-5-13-3-6-15(18)7-4-13/h2-11H,1H3/b9-5+. The second-order valence-electron chi connectivity index (χ2n) is 4.47. The third-order valence-corrected chi connectivity index (χ3v) is 3.04. The lowest BCUT2D eigenvalue weighted by molar-refractivity contribution is -0.128. The number of aldehydes is 1. The summed E-state index contributed by atoms with van der Waals surface area (Å²) in [7, 11) is 0. The van der Waals surface area contributed by atoms with E-state index in [9.17, 15) is 9.59 Å². The molecule has 2 aromatic carbocycles. The van der Waals surface area contributed by atoms with Crippen LogP contribution in [-0.2, 0) is 4.79 Å². The highest BCUT2D eigenvalue weighted by Crippen LogP contribution is 2.18. The van der Waals surface area contributed by atoms with Crippen LogP contribution in [0.1, 0.15) is 21.5 Å². The molecule has 0 aliphatic carbocycles. The Kier molecular flexibility index (Phi) is 4.90. The van der Waals surface area contributed by atoms with Gasteiger partial charge in [-0.15, -0.1) is 0 Å². The molecule has 0 N–H and O–H groups in total. The van der Waals surface area contributed by atoms with Gasteiger partial charge in [0.25, 0.3) is 0 Å². The maximum atomic E-state index is 11.8. The van der Waals surface area contributed by atoms with Crippen molar-refractivity contribution in [3.8, 4) is 5.75 Å². The molecule has 2 rings (SSSR count). The van der Waals surface area contributed by atoms with Crippen molar-refractivity contribution >= 4 is 29.9 Å². The molecular weight excluding hydrogens is 288 g/mol. The summed E-state index contributed by atoms with van der Waals surface area (Å²) in [5, 5.41) is 0.630. The number of aryl methyl sites for hydroxylation is 1. The number of carbonyl (C=O) groups excluding carboxylic acids is 2. The summed E-state index contributed by atoms with van der Waals surface area (Å²) in [4.78, 5) is 22.7. The van der Waals surface area contributed by atoms with Crippen LogP contribution in [0.3, 0.4) is 0 Å². The number of rotatable bonds is 4. The van der Waals surface area contributed by atoms with Crippen LogP contribution >= 0.6 is 11.6 Å². The summed E-state index contributed by atoms with van der Waals surface area (Å²) in [5.74, 6) is -0.293. The van der Waals surface area contributed by atoms with Crippen molar-refractivity contribution in [3.63, 3.8) is 0 Å². The zero-order valence-corrected chi connectivity index (χ0v) is 12.1. The molecule has 0 radical (unpaired) electrons. The minimum atomic E-state index is -0.545. The van der Waals surface area contributed by atoms with Crippen molar-refractivity contribution in [2.75, 3.05) is 0 Å². The lowest BCUT2D eigenvalue weighted by Crippen LogP contribution is -2.05. The number of halogens is 1. The van der Waals surface area contributed by atoms with Gasteiger partial charge in [-0.25, -0.2) is 4.79 Å². The summed E-state index contributed by atoms with van der Waals surface area (Å²) >= 11 is 5.78. The van der Waals surface area contributed by atoms with E-state index in [1.54, 1.807) is 48.5 Å². The minimum Gasteiger partial charge on any atom is -0.423 e. The molecule has 0 aliphatic heterocycles. The molecule has 0 aliphatic rings. The maximum absolute atomic E-state index is 11.8. The van der Waals surface area contributed by atoms with Crippen LogP contribution in [0.4, 0.5) is 0 Å². The number of ether oxygens (including phenoxy) is 1. The molecule has 21 heavy (non-hydrogen) atoms. The van der Waals surface area contributed by atoms with Crippen molar-refractivity contribution < 1.29 is 14.3 Å². The predicted molar refractivity (Wildman–Crippen MR) is 82.7 cm³/mol. The van der Waals surface area contributed by atoms with Crippen molar-refractivity contribution in [2.45, 2.75) is 6.92 Å². The monoisotopic (exact) mass is 300 g/mol. The van der Waals surface area contributed by atoms with Gasteiger partial charge in [0.05, 0.1) is 5.56 Å². The fraction of sp³-hybridized carbons (Fsp3) is 0.0588. The minimum absolute atomic E-state index is 0.251. The van der Waals surface area contributed by atoms with Gasteiger partial charge in [0.2, 0.25) is 0 Å². The average molecular weight is 301 g/mol. The number of hydrogen-bond acceptors (Lipinski definition) is 3. The molecule has 4 heteroatoms. The summed E-state index contributed by atoms with van der Waals surface area (Å²) in [6.07, 6.45) is 3.59. The Morgan fingerprint density at radius 2 is 1.86 bits per heavy atom. The lowest BCUT2D eigenvalue weighted by Gasteiger charge is -2.05. The first-order valence-corrected chi connectivity index (χ1v) is 6.67. The molecule has 0 atom stereocenters. The topological polar surface area (TPSA) is 43.4 Å². The van der Waals surface area contributed by atoms with E-state index in [2.05, 4.69) is 0 Å². The van der Waals surface area contributed by atoms with Crippen molar-refractivity contribution in [3.05, 3.63) is 70.3 Å². The fourth-order valence-corrected chi connectivity index (χ4v) is 1.86. The second-order valence-corrected chi connectivity index (χ2v) is 4.90. The highest BCUT2D eigenvalue weighted by Gasteiger charge is 2.06. The largest absolute Gasteiger partial charge is 0.423 e. The molecule has 0 fully saturated rings. The Morgan fingerprint density at radius 1 is 1.14 bits per heavy atom. The zero-order chi connectivity index (χ0) is 15.2. The van der Waals surface area contributed by atoms with Gasteiger partial charge in [-0.1, -0.05) is 35.4 Å². The van der Waals surface area contributed by atoms with Crippen LogP contribution in [0.5, 0.6) is 5.75 Å². The predicted octanol–water partition coefficient (Wildman–Crippen LogP) is 4.08. The Labute approximate surface area is 127 Å². The average Bonchev–Trinajstić information content (AvgIpc) is 2.48. The van der Waals surface area contributed by atoms with Gasteiger partial charge in [-0.3, -0.25) is 4.79 Å². The molecule has 0 saturated heterocycles. The quantitative estimate of drug-likeness (QED) is 0.370. The molecule has 2 aromatic rings. The van der Waals surface area contributed by atoms with Crippen LogP contribution in [0.25, 0.3) is 6.08 Å². The van der Waals surface area contributed by atoms with Crippen LogP contribution in [-0.4, -0.2) is 12.3 Å². The molecule has 0 spiro atoms. The maximum Gasteiger partial charge on any atom is 0.336 e. The van der Waals surface area contributed by atoms with E-state index in [0.717, 1.165) is 11.1 Å². The van der Waals surface area contributed by atoms with Gasteiger partial charge in [0, 0.05) is 11.1 Å². The first-order valence-electron chi connectivity index (χ1n) is 6.30. The van der Waals surface area contributed by atoms with Crippen LogP contribution in [0, 0.1) is 6.92 Å². The Bertz CT molecular complexity index is 688. The lowest BCUT2D eigenvalue weighted by atomic mass is 10.1. The normalized spacial score (nSPS) is 10.6. The Morgan fingerprint density at radius 3 is 2.52 bits per heavy atom. The third-order valence-electron chi connectivity index (χ3n) is 2.78. The van der Waals surface area contributed by atoms with E-state index in [-0.39, 0.29) is 5.75 Å². The van der Waals surface area contributed by atoms with Gasteiger partial charge >= 0.3 is 5.97 Å². The highest BCUT2D eigenvalue weighted by atomic mass is 35.5. The first kappa shape index (κ1) is 15.0.